The molecule has 0 bridgehead atoms. The first-order chi connectivity index (χ1) is 17.1. The van der Waals surface area contributed by atoms with Crippen molar-refractivity contribution in [1.29, 1.82) is 0 Å². The van der Waals surface area contributed by atoms with Crippen molar-refractivity contribution >= 4 is 11.8 Å². The Morgan fingerprint density at radius 1 is 1.28 bits per heavy atom. The third-order valence-corrected chi connectivity index (χ3v) is 6.10. The van der Waals surface area contributed by atoms with E-state index >= 15 is 0 Å². The van der Waals surface area contributed by atoms with E-state index in [9.17, 15) is 22.8 Å². The molecule has 2 N–H and O–H groups in total. The van der Waals surface area contributed by atoms with E-state index in [0.29, 0.717) is 40.9 Å². The summed E-state index contributed by atoms with van der Waals surface area (Å²) in [5.74, 6) is -0.187. The molecule has 1 aliphatic heterocycles. The van der Waals surface area contributed by atoms with E-state index in [4.69, 9.17) is 5.11 Å². The van der Waals surface area contributed by atoms with Gasteiger partial charge >= 0.3 is 6.18 Å². The minimum Gasteiger partial charge on any atom is -0.396 e. The fourth-order valence-electron chi connectivity index (χ4n) is 4.12. The van der Waals surface area contributed by atoms with Crippen molar-refractivity contribution < 1.29 is 27.9 Å². The lowest BCUT2D eigenvalue weighted by Crippen LogP contribution is -2.28. The number of fused-ring (bicyclic) bond motifs is 1. The molecule has 36 heavy (non-hydrogen) atoms. The molecule has 1 atom stereocenters. The molecule has 0 spiro atoms. The van der Waals surface area contributed by atoms with Gasteiger partial charge in [0.15, 0.2) is 5.82 Å². The summed E-state index contributed by atoms with van der Waals surface area (Å²) in [7, 11) is 0. The molecule has 3 aromatic heterocycles. The number of aryl methyl sites for hydroxylation is 1. The first-order valence-corrected chi connectivity index (χ1v) is 11.3. The monoisotopic (exact) mass is 502 g/mol. The lowest BCUT2D eigenvalue weighted by molar-refractivity contribution is -0.137. The zero-order valence-electron chi connectivity index (χ0n) is 19.7. The van der Waals surface area contributed by atoms with E-state index < -0.39 is 11.7 Å². The van der Waals surface area contributed by atoms with Gasteiger partial charge in [-0.25, -0.2) is 9.67 Å². The van der Waals surface area contributed by atoms with Crippen LogP contribution in [0.2, 0.25) is 0 Å². The van der Waals surface area contributed by atoms with Crippen LogP contribution in [0.5, 0.6) is 0 Å². The number of aliphatic hydroxyl groups is 1. The zero-order valence-corrected chi connectivity index (χ0v) is 19.7. The average Bonchev–Trinajstić information content (AvgIpc) is 3.45. The van der Waals surface area contributed by atoms with Crippen LogP contribution in [0.4, 0.5) is 13.2 Å². The lowest BCUT2D eigenvalue weighted by atomic mass is 10.1. The van der Waals surface area contributed by atoms with Gasteiger partial charge in [0.05, 0.1) is 29.9 Å². The standard InChI is InChI=1S/C24H25F3N6O3/c1-14-8-16(10-30-22(14)33-12-17(11-31-33)24(25,26)27)15(2)32-13-19-18(23(32)36)4-6-28-20(19)9-21(35)29-5-3-7-34/h4,6,8,10-12,15,34H,3,5,7,9,13H2,1-2H3,(H,29,35). The molecule has 1 aliphatic rings. The molecule has 9 nitrogen and oxygen atoms in total. The first kappa shape index (κ1) is 25.3. The van der Waals surface area contributed by atoms with Gasteiger partial charge in [-0.1, -0.05) is 0 Å². The van der Waals surface area contributed by atoms with Crippen molar-refractivity contribution in [2.45, 2.75) is 45.5 Å². The number of aromatic nitrogens is 4. The fraction of sp³-hybridized carbons (Fsp3) is 0.375. The van der Waals surface area contributed by atoms with Gasteiger partial charge in [-0.05, 0) is 43.5 Å². The molecule has 0 saturated carbocycles. The molecule has 12 heteroatoms. The molecule has 4 rings (SSSR count). The highest BCUT2D eigenvalue weighted by molar-refractivity contribution is 5.99. The van der Waals surface area contributed by atoms with Crippen LogP contribution >= 0.6 is 0 Å². The third-order valence-electron chi connectivity index (χ3n) is 6.10. The van der Waals surface area contributed by atoms with E-state index in [1.165, 1.54) is 12.4 Å². The summed E-state index contributed by atoms with van der Waals surface area (Å²) in [4.78, 5) is 35.7. The van der Waals surface area contributed by atoms with Crippen LogP contribution in [-0.2, 0) is 23.9 Å². The molecule has 4 heterocycles. The molecule has 0 aromatic carbocycles. The van der Waals surface area contributed by atoms with Gasteiger partial charge in [0.1, 0.15) is 0 Å². The number of nitrogens with one attached hydrogen (secondary N) is 1. The van der Waals surface area contributed by atoms with E-state index in [1.807, 2.05) is 6.92 Å². The Hall–Kier alpha value is -3.80. The maximum absolute atomic E-state index is 13.2. The largest absolute Gasteiger partial charge is 0.419 e. The number of pyridine rings is 2. The van der Waals surface area contributed by atoms with Crippen molar-refractivity contribution in [2.75, 3.05) is 13.2 Å². The SMILES string of the molecule is Cc1cc(C(C)N2Cc3c(ccnc3CC(=O)NCCCO)C2=O)cnc1-n1cc(C(F)(F)F)cn1. The molecular weight excluding hydrogens is 477 g/mol. The second kappa shape index (κ2) is 10.1. The Bertz CT molecular complexity index is 1290. The van der Waals surface area contributed by atoms with Crippen LogP contribution in [0.25, 0.3) is 5.82 Å². The van der Waals surface area contributed by atoms with Gasteiger partial charge < -0.3 is 15.3 Å². The normalized spacial score (nSPS) is 14.2. The van der Waals surface area contributed by atoms with Crippen molar-refractivity contribution in [2.24, 2.45) is 0 Å². The number of halogens is 3. The van der Waals surface area contributed by atoms with Gasteiger partial charge in [-0.3, -0.25) is 14.6 Å². The fourth-order valence-corrected chi connectivity index (χ4v) is 4.12. The number of hydrogen-bond donors (Lipinski definition) is 2. The highest BCUT2D eigenvalue weighted by atomic mass is 19.4. The molecule has 0 saturated heterocycles. The van der Waals surface area contributed by atoms with E-state index in [0.717, 1.165) is 17.1 Å². The highest BCUT2D eigenvalue weighted by Gasteiger charge is 2.35. The number of nitrogens with zero attached hydrogens (tertiary/aromatic N) is 5. The Morgan fingerprint density at radius 2 is 2.06 bits per heavy atom. The topological polar surface area (TPSA) is 113 Å². The maximum Gasteiger partial charge on any atom is 0.419 e. The molecule has 3 aromatic rings. The van der Waals surface area contributed by atoms with Gasteiger partial charge in [0.25, 0.3) is 5.91 Å². The molecule has 0 radical (unpaired) electrons. The van der Waals surface area contributed by atoms with Crippen LogP contribution in [-0.4, -0.2) is 54.7 Å². The summed E-state index contributed by atoms with van der Waals surface area (Å²) >= 11 is 0. The number of carbonyl (C=O) groups is 2. The summed E-state index contributed by atoms with van der Waals surface area (Å²) in [5, 5.41) is 15.4. The van der Waals surface area contributed by atoms with Crippen LogP contribution < -0.4 is 5.32 Å². The van der Waals surface area contributed by atoms with Crippen LogP contribution in [0.1, 0.15) is 57.7 Å². The number of aliphatic hydroxyl groups excluding tert-OH is 1. The van der Waals surface area contributed by atoms with Gasteiger partial charge in [-0.2, -0.15) is 18.3 Å². The summed E-state index contributed by atoms with van der Waals surface area (Å²) < 4.78 is 39.9. The summed E-state index contributed by atoms with van der Waals surface area (Å²) in [6.07, 6.45) is 0.617. The zero-order chi connectivity index (χ0) is 26.0. The van der Waals surface area contributed by atoms with E-state index in [2.05, 4.69) is 20.4 Å². The molecule has 2 amide bonds. The second-order valence-corrected chi connectivity index (χ2v) is 8.58. The second-order valence-electron chi connectivity index (χ2n) is 8.58. The van der Waals surface area contributed by atoms with Crippen molar-refractivity contribution in [3.05, 3.63) is 70.4 Å². The third kappa shape index (κ3) is 5.08. The number of carbonyl (C=O) groups excluding carboxylic acids is 2. The van der Waals surface area contributed by atoms with Gasteiger partial charge in [-0.15, -0.1) is 0 Å². The van der Waals surface area contributed by atoms with Crippen LogP contribution in [0.3, 0.4) is 0 Å². The summed E-state index contributed by atoms with van der Waals surface area (Å²) in [6.45, 7) is 4.14. The molecular formula is C24H25F3N6O3. The highest BCUT2D eigenvalue weighted by Crippen LogP contribution is 2.33. The van der Waals surface area contributed by atoms with Crippen molar-refractivity contribution in [3.63, 3.8) is 0 Å². The van der Waals surface area contributed by atoms with Crippen molar-refractivity contribution in [1.82, 2.24) is 30.0 Å². The van der Waals surface area contributed by atoms with Gasteiger partial charge in [0.2, 0.25) is 5.91 Å². The summed E-state index contributed by atoms with van der Waals surface area (Å²) in [5.41, 5.74) is 2.12. The Kier molecular flexibility index (Phi) is 7.07. The van der Waals surface area contributed by atoms with E-state index in [-0.39, 0.29) is 43.2 Å². The smallest absolute Gasteiger partial charge is 0.396 e. The van der Waals surface area contributed by atoms with Crippen molar-refractivity contribution in [3.8, 4) is 5.82 Å². The van der Waals surface area contributed by atoms with Crippen LogP contribution in [0.15, 0.2) is 36.9 Å². The summed E-state index contributed by atoms with van der Waals surface area (Å²) in [6, 6.07) is 3.01. The number of hydrogen-bond acceptors (Lipinski definition) is 6. The van der Waals surface area contributed by atoms with Gasteiger partial charge in [0, 0.05) is 49.4 Å². The predicted molar refractivity (Wildman–Crippen MR) is 122 cm³/mol. The van der Waals surface area contributed by atoms with Crippen LogP contribution in [0, 0.1) is 6.92 Å². The Labute approximate surface area is 205 Å². The molecule has 0 fully saturated rings. The molecule has 0 aliphatic carbocycles. The average molecular weight is 502 g/mol. The quantitative estimate of drug-likeness (QED) is 0.458. The Balaban J connectivity index is 1.52. The number of amides is 2. The predicted octanol–water partition coefficient (Wildman–Crippen LogP) is 2.75. The number of rotatable bonds is 8. The van der Waals surface area contributed by atoms with E-state index in [1.54, 1.807) is 24.0 Å². The lowest BCUT2D eigenvalue weighted by Gasteiger charge is -2.25. The maximum atomic E-state index is 13.2. The minimum atomic E-state index is -4.50. The number of alkyl halides is 3. The molecule has 1 unspecified atom stereocenters. The Morgan fingerprint density at radius 3 is 2.72 bits per heavy atom. The minimum absolute atomic E-state index is 0.0171. The molecule has 190 valence electrons. The first-order valence-electron chi connectivity index (χ1n) is 11.3.